The van der Waals surface area contributed by atoms with Crippen LogP contribution in [0.5, 0.6) is 0 Å². The smallest absolute Gasteiger partial charge is 0.165 e. The number of benzene rings is 7. The topological polar surface area (TPSA) is 64.5 Å². The summed E-state index contributed by atoms with van der Waals surface area (Å²) < 4.78 is 0. The van der Waals surface area contributed by atoms with Crippen LogP contribution in [0.15, 0.2) is 198 Å². The number of aromatic nitrogens is 5. The van der Waals surface area contributed by atoms with Crippen molar-refractivity contribution in [2.24, 2.45) is 0 Å². The molecule has 0 unspecified atom stereocenters. The quantitative estimate of drug-likeness (QED) is 0.161. The first-order valence-electron chi connectivity index (χ1n) is 19.4. The van der Waals surface area contributed by atoms with Crippen molar-refractivity contribution in [3.63, 3.8) is 0 Å². The van der Waals surface area contributed by atoms with Gasteiger partial charge in [-0.3, -0.25) is 0 Å². The van der Waals surface area contributed by atoms with Crippen LogP contribution >= 0.6 is 11.8 Å². The molecule has 9 aromatic rings. The lowest BCUT2D eigenvalue weighted by Gasteiger charge is -2.35. The van der Waals surface area contributed by atoms with Gasteiger partial charge in [-0.2, -0.15) is 0 Å². The van der Waals surface area contributed by atoms with Gasteiger partial charge in [-0.05, 0) is 46.5 Å². The van der Waals surface area contributed by atoms with Gasteiger partial charge in [0.15, 0.2) is 23.3 Å². The molecule has 0 saturated carbocycles. The van der Waals surface area contributed by atoms with Gasteiger partial charge in [-0.25, -0.2) is 24.9 Å². The molecule has 1 aliphatic heterocycles. The molecule has 0 N–H and O–H groups in total. The predicted octanol–water partition coefficient (Wildman–Crippen LogP) is 13.1. The summed E-state index contributed by atoms with van der Waals surface area (Å²) >= 11 is 1.79. The molecule has 0 bridgehead atoms. The molecule has 5 nitrogen and oxygen atoms in total. The summed E-state index contributed by atoms with van der Waals surface area (Å²) in [5.74, 6) is 2.46. The van der Waals surface area contributed by atoms with E-state index in [1.807, 2.05) is 60.7 Å². The van der Waals surface area contributed by atoms with Crippen LogP contribution in [0.3, 0.4) is 0 Å². The van der Waals surface area contributed by atoms with E-state index in [0.717, 1.165) is 55.9 Å². The van der Waals surface area contributed by atoms with Crippen molar-refractivity contribution >= 4 is 11.8 Å². The number of rotatable bonds is 7. The largest absolute Gasteiger partial charge is 0.228 e. The van der Waals surface area contributed by atoms with Crippen molar-refractivity contribution in [3.05, 3.63) is 199 Å². The SMILES string of the molecule is CC1(C)c2ccccc2Sc2c(-c3nc(-c4ccccc4)nc(-c4cccc(-c5nc(-c6ccccc6)cc(-c6cccc(-c7ccccc7)c6)n5)c4)n3)cccc21. The Hall–Kier alpha value is -7.02. The Morgan fingerprint density at radius 2 is 0.810 bits per heavy atom. The van der Waals surface area contributed by atoms with Gasteiger partial charge in [0.2, 0.25) is 0 Å². The third-order valence-electron chi connectivity index (χ3n) is 10.8. The molecule has 6 heteroatoms. The lowest BCUT2D eigenvalue weighted by Crippen LogP contribution is -2.24. The number of nitrogens with zero attached hydrogens (tertiary/aromatic N) is 5. The third kappa shape index (κ3) is 6.67. The molecule has 0 radical (unpaired) electrons. The van der Waals surface area contributed by atoms with Crippen molar-refractivity contribution in [2.75, 3.05) is 0 Å². The molecule has 7 aromatic carbocycles. The maximum atomic E-state index is 5.24. The maximum absolute atomic E-state index is 5.24. The summed E-state index contributed by atoms with van der Waals surface area (Å²) in [6.07, 6.45) is 0. The Bertz CT molecular complexity index is 2950. The Kier molecular flexibility index (Phi) is 9.04. The molecular weight excluding hydrogens is 727 g/mol. The molecule has 0 saturated heterocycles. The van der Waals surface area contributed by atoms with E-state index in [1.165, 1.54) is 20.9 Å². The molecule has 0 spiro atoms. The van der Waals surface area contributed by atoms with Crippen LogP contribution in [-0.2, 0) is 5.41 Å². The summed E-state index contributed by atoms with van der Waals surface area (Å²) in [6, 6.07) is 64.9. The Balaban J connectivity index is 1.11. The highest BCUT2D eigenvalue weighted by Gasteiger charge is 2.34. The van der Waals surface area contributed by atoms with E-state index in [4.69, 9.17) is 24.9 Å². The fraction of sp³-hybridized carbons (Fsp3) is 0.0577. The monoisotopic (exact) mass is 763 g/mol. The van der Waals surface area contributed by atoms with Gasteiger partial charge in [0.05, 0.1) is 11.4 Å². The Labute approximate surface area is 342 Å². The normalized spacial score (nSPS) is 12.7. The molecule has 2 aromatic heterocycles. The molecular formula is C52H37N5S. The van der Waals surface area contributed by atoms with Crippen molar-refractivity contribution in [3.8, 4) is 79.2 Å². The highest BCUT2D eigenvalue weighted by Crippen LogP contribution is 2.51. The van der Waals surface area contributed by atoms with Gasteiger partial charge in [0, 0.05) is 48.6 Å². The zero-order valence-corrected chi connectivity index (χ0v) is 32.9. The molecule has 0 amide bonds. The van der Waals surface area contributed by atoms with Crippen LogP contribution in [0.2, 0.25) is 0 Å². The van der Waals surface area contributed by atoms with Crippen LogP contribution in [0.4, 0.5) is 0 Å². The van der Waals surface area contributed by atoms with Gasteiger partial charge < -0.3 is 0 Å². The van der Waals surface area contributed by atoms with Crippen LogP contribution in [0.25, 0.3) is 79.2 Å². The molecule has 58 heavy (non-hydrogen) atoms. The van der Waals surface area contributed by atoms with E-state index in [1.54, 1.807) is 11.8 Å². The minimum absolute atomic E-state index is 0.185. The van der Waals surface area contributed by atoms with E-state index in [2.05, 4.69) is 141 Å². The van der Waals surface area contributed by atoms with Crippen molar-refractivity contribution in [2.45, 2.75) is 29.1 Å². The third-order valence-corrected chi connectivity index (χ3v) is 12.0. The van der Waals surface area contributed by atoms with Gasteiger partial charge in [-0.15, -0.1) is 0 Å². The first-order chi connectivity index (χ1) is 28.5. The minimum Gasteiger partial charge on any atom is -0.228 e. The molecule has 1 aliphatic rings. The summed E-state index contributed by atoms with van der Waals surface area (Å²) in [5, 5.41) is 0. The van der Waals surface area contributed by atoms with Crippen LogP contribution < -0.4 is 0 Å². The number of hydrogen-bond acceptors (Lipinski definition) is 6. The zero-order valence-electron chi connectivity index (χ0n) is 32.0. The minimum atomic E-state index is -0.185. The number of fused-ring (bicyclic) bond motifs is 2. The van der Waals surface area contributed by atoms with E-state index < -0.39 is 0 Å². The maximum Gasteiger partial charge on any atom is 0.165 e. The zero-order chi connectivity index (χ0) is 39.1. The lowest BCUT2D eigenvalue weighted by molar-refractivity contribution is 0.608. The van der Waals surface area contributed by atoms with Crippen LogP contribution in [0, 0.1) is 0 Å². The summed E-state index contributed by atoms with van der Waals surface area (Å²) in [5.41, 5.74) is 12.1. The van der Waals surface area contributed by atoms with Gasteiger partial charge in [-0.1, -0.05) is 189 Å². The first-order valence-corrected chi connectivity index (χ1v) is 20.2. The first kappa shape index (κ1) is 35.4. The Morgan fingerprint density at radius 3 is 1.52 bits per heavy atom. The van der Waals surface area contributed by atoms with Crippen LogP contribution in [-0.4, -0.2) is 24.9 Å². The molecule has 0 aliphatic carbocycles. The van der Waals surface area contributed by atoms with Crippen LogP contribution in [0.1, 0.15) is 25.0 Å². The molecule has 0 fully saturated rings. The number of hydrogen-bond donors (Lipinski definition) is 0. The van der Waals surface area contributed by atoms with Crippen molar-refractivity contribution in [1.82, 2.24) is 24.9 Å². The second-order valence-electron chi connectivity index (χ2n) is 14.9. The van der Waals surface area contributed by atoms with Gasteiger partial charge >= 0.3 is 0 Å². The summed E-state index contributed by atoms with van der Waals surface area (Å²) in [4.78, 5) is 28.3. The Morgan fingerprint density at radius 1 is 0.345 bits per heavy atom. The van der Waals surface area contributed by atoms with Gasteiger partial charge in [0.25, 0.3) is 0 Å². The van der Waals surface area contributed by atoms with Crippen molar-refractivity contribution < 1.29 is 0 Å². The highest BCUT2D eigenvalue weighted by molar-refractivity contribution is 7.99. The van der Waals surface area contributed by atoms with E-state index in [-0.39, 0.29) is 5.41 Å². The van der Waals surface area contributed by atoms with E-state index >= 15 is 0 Å². The van der Waals surface area contributed by atoms with E-state index in [9.17, 15) is 0 Å². The van der Waals surface area contributed by atoms with E-state index in [0.29, 0.717) is 23.3 Å². The lowest BCUT2D eigenvalue weighted by atomic mass is 9.77. The highest BCUT2D eigenvalue weighted by atomic mass is 32.2. The average Bonchev–Trinajstić information content (AvgIpc) is 3.29. The average molecular weight is 764 g/mol. The summed E-state index contributed by atoms with van der Waals surface area (Å²) in [6.45, 7) is 4.60. The fourth-order valence-corrected chi connectivity index (χ4v) is 9.25. The van der Waals surface area contributed by atoms with Gasteiger partial charge in [0.1, 0.15) is 0 Å². The molecule has 276 valence electrons. The molecule has 3 heterocycles. The molecule has 10 rings (SSSR count). The second-order valence-corrected chi connectivity index (χ2v) is 16.0. The standard InChI is InChI=1S/C52H37N5S/c1-52(2)42-28-12-13-30-46(42)58-47-41(27-16-29-43(47)52)51-56-48(36-21-10-5-11-22-36)55-50(57-51)40-26-15-25-39(32-40)49-53-44(35-19-8-4-9-20-35)33-45(54-49)38-24-14-23-37(31-38)34-17-6-3-7-18-34/h3-33H,1-2H3. The predicted molar refractivity (Wildman–Crippen MR) is 236 cm³/mol. The summed E-state index contributed by atoms with van der Waals surface area (Å²) in [7, 11) is 0. The molecule has 0 atom stereocenters. The van der Waals surface area contributed by atoms with Crippen molar-refractivity contribution in [1.29, 1.82) is 0 Å². The second kappa shape index (κ2) is 14.8. The fourth-order valence-electron chi connectivity index (χ4n) is 7.75.